The molecule has 0 aliphatic rings. The summed E-state index contributed by atoms with van der Waals surface area (Å²) in [5.41, 5.74) is 5.99. The van der Waals surface area contributed by atoms with Crippen molar-refractivity contribution in [3.8, 4) is 59.2 Å². The van der Waals surface area contributed by atoms with E-state index in [1.54, 1.807) is 140 Å². The minimum absolute atomic E-state index is 0.0605. The normalized spacial score (nSPS) is 10.8. The zero-order valence-corrected chi connectivity index (χ0v) is 70.6. The van der Waals surface area contributed by atoms with Crippen LogP contribution >= 0.6 is 0 Å². The Hall–Kier alpha value is -9.94. The first-order valence-corrected chi connectivity index (χ1v) is 39.8. The Bertz CT molecular complexity index is 4080. The third kappa shape index (κ3) is 46.9. The van der Waals surface area contributed by atoms with Gasteiger partial charge in [0.15, 0.2) is 0 Å². The molecule has 122 heavy (non-hydrogen) atoms. The molecule has 0 atom stereocenters. The second kappa shape index (κ2) is 66.7. The van der Waals surface area contributed by atoms with Gasteiger partial charge in [-0.1, -0.05) is 59.2 Å². The van der Waals surface area contributed by atoms with Gasteiger partial charge in [-0.25, -0.2) is 19.2 Å². The number of benzene rings is 4. The van der Waals surface area contributed by atoms with Crippen LogP contribution in [-0.2, 0) is 127 Å². The van der Waals surface area contributed by atoms with Gasteiger partial charge in [-0.05, 0) is 96.1 Å². The maximum atomic E-state index is 14.1. The van der Waals surface area contributed by atoms with Gasteiger partial charge in [0.1, 0.15) is 26.4 Å². The summed E-state index contributed by atoms with van der Waals surface area (Å²) in [6.45, 7) is 11.3. The lowest BCUT2D eigenvalue weighted by molar-refractivity contribution is 0.000836. The lowest BCUT2D eigenvalue weighted by Crippen LogP contribution is -2.14. The summed E-state index contributed by atoms with van der Waals surface area (Å²) in [7, 11) is 9.56. The fourth-order valence-electron chi connectivity index (χ4n) is 10.1. The molecule has 2 heterocycles. The highest BCUT2D eigenvalue weighted by atomic mass is 16.6. The van der Waals surface area contributed by atoms with E-state index < -0.39 is 23.9 Å². The number of rotatable bonds is 62. The predicted molar refractivity (Wildman–Crippen MR) is 446 cm³/mol. The SMILES string of the molecule is COCCOCCOCCOCc1cncc(C#Cc2cc(C#Cc3cc(C#Cc4cc(C#Cc5cc(C#Cc6cncc(COCCOCCOCCOC)c6)cc(C(=O)OCCOCCOCCOC)c5)cc(C(=O)OCCOCCOCCOC)c4)cc(C(=O)OCCOCCOCCOC)c3)cc(C(=O)OCCOCCOCCOC)c2)c1. The number of hydrogen-bond donors (Lipinski definition) is 0. The predicted octanol–water partition coefficient (Wildman–Crippen LogP) is 7.21. The fourth-order valence-corrected chi connectivity index (χ4v) is 10.1. The minimum Gasteiger partial charge on any atom is -0.460 e. The largest absolute Gasteiger partial charge is 0.460 e. The van der Waals surface area contributed by atoms with E-state index in [0.717, 1.165) is 11.1 Å². The average molecular weight is 1690 g/mol. The van der Waals surface area contributed by atoms with Gasteiger partial charge in [0, 0.05) is 123 Å². The fraction of sp³-hybridized carbons (Fsp3) is 0.478. The molecule has 0 aliphatic heterocycles. The topological polar surface area (TPSA) is 316 Å². The van der Waals surface area contributed by atoms with Crippen LogP contribution in [0.25, 0.3) is 0 Å². The molecular weight excluding hydrogens is 1580 g/mol. The summed E-state index contributed by atoms with van der Waals surface area (Å²) in [6.07, 6.45) is 6.60. The molecule has 0 spiro atoms. The minimum atomic E-state index is -0.709. The van der Waals surface area contributed by atoms with Crippen LogP contribution in [-0.4, -0.2) is 314 Å². The molecule has 6 rings (SSSR count). The third-order valence-corrected chi connectivity index (χ3v) is 16.0. The molecule has 0 unspecified atom stereocenters. The number of methoxy groups -OCH3 is 6. The van der Waals surface area contributed by atoms with Gasteiger partial charge in [0.2, 0.25) is 0 Å². The summed E-state index contributed by atoms with van der Waals surface area (Å²) < 4.78 is 131. The Kier molecular flexibility index (Phi) is 55.1. The van der Waals surface area contributed by atoms with Crippen molar-refractivity contribution in [2.75, 3.05) is 281 Å². The molecule has 658 valence electrons. The second-order valence-electron chi connectivity index (χ2n) is 25.6. The van der Waals surface area contributed by atoms with Gasteiger partial charge < -0.3 is 114 Å². The standard InChI is InChI=1S/C92H112N2O28/c1-99-17-23-105-29-35-111-41-43-117-71-83-57-81(67-93-69-83)15-13-79-55-77(63-87(65-79)91(97)121-51-47-115-39-33-109-27-21-103-5)11-9-75-53-73(59-85(61-75)89(95)119-49-45-113-37-31-107-25-19-101-3)7-8-74-54-76(62-86(60-74)90(96)120-50-46-114-38-32-108-26-20-102-4)10-12-78-56-80(66-88(64-78)92(98)122-52-48-116-40-34-110-28-22-104-6)14-16-82-58-84(70-94-68-82)72-118-44-42-112-36-30-106-24-18-100-2/h53-70H,17-52,71-72H2,1-6H3. The zero-order chi connectivity index (χ0) is 86.6. The lowest BCUT2D eigenvalue weighted by Gasteiger charge is -2.08. The quantitative estimate of drug-likeness (QED) is 0.0157. The molecule has 2 aromatic heterocycles. The van der Waals surface area contributed by atoms with E-state index in [1.807, 2.05) is 12.1 Å². The Morgan fingerprint density at radius 1 is 0.197 bits per heavy atom. The molecule has 0 N–H and O–H groups in total. The van der Waals surface area contributed by atoms with E-state index in [-0.39, 0.29) is 115 Å². The van der Waals surface area contributed by atoms with Gasteiger partial charge in [-0.15, -0.1) is 0 Å². The Morgan fingerprint density at radius 2 is 0.361 bits per heavy atom. The van der Waals surface area contributed by atoms with E-state index in [9.17, 15) is 19.2 Å². The maximum Gasteiger partial charge on any atom is 0.338 e. The molecule has 0 saturated carbocycles. The van der Waals surface area contributed by atoms with Crippen LogP contribution in [0, 0.1) is 59.2 Å². The second-order valence-corrected chi connectivity index (χ2v) is 25.6. The van der Waals surface area contributed by atoms with E-state index in [0.29, 0.717) is 214 Å². The molecule has 6 aromatic rings. The molecule has 30 nitrogen and oxygen atoms in total. The Labute approximate surface area is 715 Å². The van der Waals surface area contributed by atoms with Gasteiger partial charge in [0.05, 0.1) is 247 Å². The summed E-state index contributed by atoms with van der Waals surface area (Å²) in [5.74, 6) is 28.9. The highest BCUT2D eigenvalue weighted by molar-refractivity contribution is 5.93. The number of ether oxygens (including phenoxy) is 24. The summed E-state index contributed by atoms with van der Waals surface area (Å²) in [6, 6.07) is 23.0. The van der Waals surface area contributed by atoms with E-state index >= 15 is 0 Å². The lowest BCUT2D eigenvalue weighted by atomic mass is 10.0. The monoisotopic (exact) mass is 1690 g/mol. The molecule has 0 fully saturated rings. The van der Waals surface area contributed by atoms with Crippen LogP contribution in [0.15, 0.2) is 110 Å². The van der Waals surface area contributed by atoms with Crippen molar-refractivity contribution >= 4 is 23.9 Å². The maximum absolute atomic E-state index is 14.1. The van der Waals surface area contributed by atoms with Crippen LogP contribution < -0.4 is 0 Å². The molecule has 0 radical (unpaired) electrons. The molecule has 0 amide bonds. The first-order chi connectivity index (χ1) is 60.0. The highest BCUT2D eigenvalue weighted by Crippen LogP contribution is 2.19. The van der Waals surface area contributed by atoms with Crippen molar-refractivity contribution in [3.05, 3.63) is 199 Å². The molecule has 4 aromatic carbocycles. The van der Waals surface area contributed by atoms with E-state index in [4.69, 9.17) is 114 Å². The van der Waals surface area contributed by atoms with E-state index in [1.165, 1.54) is 0 Å². The molecule has 0 saturated heterocycles. The van der Waals surface area contributed by atoms with Gasteiger partial charge in [0.25, 0.3) is 0 Å². The van der Waals surface area contributed by atoms with Crippen molar-refractivity contribution in [1.82, 2.24) is 9.97 Å². The summed E-state index contributed by atoms with van der Waals surface area (Å²) in [4.78, 5) is 64.7. The Balaban J connectivity index is 1.37. The number of aromatic nitrogens is 2. The van der Waals surface area contributed by atoms with Crippen LogP contribution in [0.5, 0.6) is 0 Å². The number of carbonyl (C=O) groups is 4. The highest BCUT2D eigenvalue weighted by Gasteiger charge is 2.16. The van der Waals surface area contributed by atoms with Crippen molar-refractivity contribution in [2.24, 2.45) is 0 Å². The van der Waals surface area contributed by atoms with Gasteiger partial charge in [-0.2, -0.15) is 0 Å². The number of nitrogens with zero attached hydrogens (tertiary/aromatic N) is 2. The average Bonchev–Trinajstić information content (AvgIpc) is 0.830. The number of carbonyl (C=O) groups excluding carboxylic acids is 4. The van der Waals surface area contributed by atoms with E-state index in [2.05, 4.69) is 69.2 Å². The van der Waals surface area contributed by atoms with Crippen LogP contribution in [0.4, 0.5) is 0 Å². The first-order valence-electron chi connectivity index (χ1n) is 39.8. The smallest absolute Gasteiger partial charge is 0.338 e. The number of pyridine rings is 2. The molecule has 0 aliphatic carbocycles. The van der Waals surface area contributed by atoms with Gasteiger partial charge in [-0.3, -0.25) is 9.97 Å². The van der Waals surface area contributed by atoms with Crippen molar-refractivity contribution in [1.29, 1.82) is 0 Å². The van der Waals surface area contributed by atoms with Crippen LogP contribution in [0.3, 0.4) is 0 Å². The van der Waals surface area contributed by atoms with Crippen LogP contribution in [0.2, 0.25) is 0 Å². The molecule has 30 heteroatoms. The van der Waals surface area contributed by atoms with Crippen molar-refractivity contribution in [3.63, 3.8) is 0 Å². The summed E-state index contributed by atoms with van der Waals surface area (Å²) >= 11 is 0. The first kappa shape index (κ1) is 101. The number of esters is 4. The van der Waals surface area contributed by atoms with Crippen molar-refractivity contribution < 1.29 is 133 Å². The van der Waals surface area contributed by atoms with Gasteiger partial charge >= 0.3 is 23.9 Å². The zero-order valence-electron chi connectivity index (χ0n) is 70.6. The Morgan fingerprint density at radius 3 is 0.549 bits per heavy atom. The van der Waals surface area contributed by atoms with Crippen molar-refractivity contribution in [2.45, 2.75) is 13.2 Å². The van der Waals surface area contributed by atoms with Crippen LogP contribution in [0.1, 0.15) is 108 Å². The summed E-state index contributed by atoms with van der Waals surface area (Å²) in [5, 5.41) is 0. The number of hydrogen-bond acceptors (Lipinski definition) is 30. The molecular formula is C92H112N2O28. The molecule has 0 bridgehead atoms. The third-order valence-electron chi connectivity index (χ3n) is 16.0.